The van der Waals surface area contributed by atoms with Crippen LogP contribution < -0.4 is 0 Å². The lowest BCUT2D eigenvalue weighted by atomic mass is 9.46. The summed E-state index contributed by atoms with van der Waals surface area (Å²) in [6, 6.07) is 0. The summed E-state index contributed by atoms with van der Waals surface area (Å²) in [6.45, 7) is 6.87. The summed E-state index contributed by atoms with van der Waals surface area (Å²) >= 11 is 0. The molecule has 4 atom stereocenters. The van der Waals surface area contributed by atoms with E-state index in [0.717, 1.165) is 0 Å². The Morgan fingerprint density at radius 3 is 2.47 bits per heavy atom. The van der Waals surface area contributed by atoms with Crippen molar-refractivity contribution < 1.29 is 20.1 Å². The van der Waals surface area contributed by atoms with Gasteiger partial charge in [-0.3, -0.25) is 4.79 Å². The van der Waals surface area contributed by atoms with Crippen LogP contribution in [0.25, 0.3) is 0 Å². The van der Waals surface area contributed by atoms with E-state index in [-0.39, 0.29) is 5.78 Å². The van der Waals surface area contributed by atoms with Crippen molar-refractivity contribution in [3.05, 3.63) is 11.6 Å². The lowest BCUT2D eigenvalue weighted by Crippen LogP contribution is -2.65. The van der Waals surface area contributed by atoms with E-state index in [1.54, 1.807) is 6.92 Å². The van der Waals surface area contributed by atoms with Gasteiger partial charge in [0.1, 0.15) is 5.60 Å². The summed E-state index contributed by atoms with van der Waals surface area (Å²) in [5, 5.41) is 30.8. The lowest BCUT2D eigenvalue weighted by molar-refractivity contribution is -0.191. The minimum absolute atomic E-state index is 0.0538. The molecule has 2 aliphatic carbocycles. The molecule has 0 amide bonds. The number of ketones is 1. The highest BCUT2D eigenvalue weighted by Gasteiger charge is 2.64. The molecule has 0 aromatic carbocycles. The molecule has 2 aliphatic rings. The standard InChI is InChI=1S/C15H24O4/c1-9-7-10(17)12-13(2,3)11(18)5-6-14(12,4)15(9,19)8-16/h7,11-12,16,18-19H,5-6,8H2,1-4H3/t11-,12+,14-,15-/m0/s1. The van der Waals surface area contributed by atoms with Gasteiger partial charge in [0.15, 0.2) is 5.78 Å². The first-order valence-corrected chi connectivity index (χ1v) is 6.85. The molecule has 0 aliphatic heterocycles. The van der Waals surface area contributed by atoms with E-state index in [2.05, 4.69) is 0 Å². The fraction of sp³-hybridized carbons (Fsp3) is 0.800. The van der Waals surface area contributed by atoms with Crippen LogP contribution in [0.4, 0.5) is 0 Å². The van der Waals surface area contributed by atoms with Gasteiger partial charge in [-0.2, -0.15) is 0 Å². The molecule has 3 N–H and O–H groups in total. The molecule has 0 spiro atoms. The van der Waals surface area contributed by atoms with Crippen molar-refractivity contribution in [2.24, 2.45) is 16.7 Å². The summed E-state index contributed by atoms with van der Waals surface area (Å²) in [5.41, 5.74) is -2.21. The molecule has 0 unspecified atom stereocenters. The molecule has 1 fully saturated rings. The Labute approximate surface area is 114 Å². The van der Waals surface area contributed by atoms with E-state index in [9.17, 15) is 20.1 Å². The van der Waals surface area contributed by atoms with Crippen molar-refractivity contribution in [3.63, 3.8) is 0 Å². The smallest absolute Gasteiger partial charge is 0.160 e. The van der Waals surface area contributed by atoms with Crippen LogP contribution in [0.15, 0.2) is 11.6 Å². The maximum absolute atomic E-state index is 12.4. The average Bonchev–Trinajstić information content (AvgIpc) is 2.31. The number of aliphatic hydroxyl groups excluding tert-OH is 2. The molecule has 0 aromatic rings. The van der Waals surface area contributed by atoms with Gasteiger partial charge >= 0.3 is 0 Å². The number of fused-ring (bicyclic) bond motifs is 1. The van der Waals surface area contributed by atoms with Crippen molar-refractivity contribution >= 4 is 5.78 Å². The summed E-state index contributed by atoms with van der Waals surface area (Å²) in [4.78, 5) is 12.4. The number of aliphatic hydroxyl groups is 3. The Bertz CT molecular complexity index is 439. The predicted octanol–water partition coefficient (Wildman–Crippen LogP) is 1.04. The van der Waals surface area contributed by atoms with Crippen LogP contribution >= 0.6 is 0 Å². The topological polar surface area (TPSA) is 77.8 Å². The van der Waals surface area contributed by atoms with Crippen molar-refractivity contribution in [1.82, 2.24) is 0 Å². The zero-order valence-corrected chi connectivity index (χ0v) is 12.1. The van der Waals surface area contributed by atoms with Crippen molar-refractivity contribution in [3.8, 4) is 0 Å². The van der Waals surface area contributed by atoms with Crippen LogP contribution in [0.1, 0.15) is 40.5 Å². The first-order valence-electron chi connectivity index (χ1n) is 6.85. The molecular weight excluding hydrogens is 244 g/mol. The first kappa shape index (κ1) is 14.7. The number of carbonyl (C=O) groups excluding carboxylic acids is 1. The second kappa shape index (κ2) is 4.14. The Morgan fingerprint density at radius 1 is 1.37 bits per heavy atom. The van der Waals surface area contributed by atoms with Gasteiger partial charge in [-0.05, 0) is 31.4 Å². The molecule has 0 saturated heterocycles. The zero-order valence-electron chi connectivity index (χ0n) is 12.1. The quantitative estimate of drug-likeness (QED) is 0.664. The predicted molar refractivity (Wildman–Crippen MR) is 71.4 cm³/mol. The lowest BCUT2D eigenvalue weighted by Gasteiger charge is -2.59. The zero-order chi connectivity index (χ0) is 14.6. The van der Waals surface area contributed by atoms with Gasteiger partial charge in [0.2, 0.25) is 0 Å². The summed E-state index contributed by atoms with van der Waals surface area (Å²) < 4.78 is 0. The molecule has 1 saturated carbocycles. The highest BCUT2D eigenvalue weighted by atomic mass is 16.3. The molecule has 0 aromatic heterocycles. The van der Waals surface area contributed by atoms with Crippen LogP contribution in [-0.4, -0.2) is 39.4 Å². The summed E-state index contributed by atoms with van der Waals surface area (Å²) in [6.07, 6.45) is 1.92. The van der Waals surface area contributed by atoms with Crippen LogP contribution in [0, 0.1) is 16.7 Å². The van der Waals surface area contributed by atoms with E-state index in [1.807, 2.05) is 20.8 Å². The maximum atomic E-state index is 12.4. The van der Waals surface area contributed by atoms with Crippen LogP contribution in [0.3, 0.4) is 0 Å². The Hall–Kier alpha value is -0.710. The molecular formula is C15H24O4. The largest absolute Gasteiger partial charge is 0.393 e. The third-order valence-corrected chi connectivity index (χ3v) is 5.65. The molecule has 0 heterocycles. The second-order valence-electron chi connectivity index (χ2n) is 6.97. The fourth-order valence-electron chi connectivity index (χ4n) is 4.26. The number of rotatable bonds is 1. The van der Waals surface area contributed by atoms with Gasteiger partial charge in [-0.25, -0.2) is 0 Å². The Morgan fingerprint density at radius 2 is 1.95 bits per heavy atom. The van der Waals surface area contributed by atoms with Crippen molar-refractivity contribution in [2.75, 3.05) is 6.61 Å². The molecule has 2 rings (SSSR count). The van der Waals surface area contributed by atoms with Gasteiger partial charge in [-0.1, -0.05) is 20.8 Å². The number of hydrogen-bond donors (Lipinski definition) is 3. The molecule has 4 heteroatoms. The van der Waals surface area contributed by atoms with Gasteiger partial charge < -0.3 is 15.3 Å². The average molecular weight is 268 g/mol. The third-order valence-electron chi connectivity index (χ3n) is 5.65. The molecule has 0 bridgehead atoms. The maximum Gasteiger partial charge on any atom is 0.160 e. The monoisotopic (exact) mass is 268 g/mol. The minimum atomic E-state index is -1.39. The van der Waals surface area contributed by atoms with Gasteiger partial charge in [-0.15, -0.1) is 0 Å². The minimum Gasteiger partial charge on any atom is -0.393 e. The van der Waals surface area contributed by atoms with Crippen LogP contribution in [0.5, 0.6) is 0 Å². The highest BCUT2D eigenvalue weighted by Crippen LogP contribution is 2.59. The molecule has 19 heavy (non-hydrogen) atoms. The van der Waals surface area contributed by atoms with Gasteiger partial charge in [0.25, 0.3) is 0 Å². The first-order chi connectivity index (χ1) is 8.61. The summed E-state index contributed by atoms with van der Waals surface area (Å²) in [7, 11) is 0. The van der Waals surface area contributed by atoms with E-state index in [0.29, 0.717) is 18.4 Å². The SMILES string of the molecule is CC1=CC(=O)[C@@H]2C(C)(C)[C@@H](O)CC[C@]2(C)[C@]1(O)CO. The Kier molecular flexibility index (Phi) is 3.20. The van der Waals surface area contributed by atoms with Crippen molar-refractivity contribution in [1.29, 1.82) is 0 Å². The molecule has 108 valence electrons. The van der Waals surface area contributed by atoms with Gasteiger partial charge in [0.05, 0.1) is 12.7 Å². The van der Waals surface area contributed by atoms with E-state index in [4.69, 9.17) is 0 Å². The summed E-state index contributed by atoms with van der Waals surface area (Å²) in [5.74, 6) is -0.536. The van der Waals surface area contributed by atoms with Crippen molar-refractivity contribution in [2.45, 2.75) is 52.2 Å². The Balaban J connectivity index is 2.63. The second-order valence-corrected chi connectivity index (χ2v) is 6.97. The normalized spacial score (nSPS) is 45.6. The number of allylic oxidation sites excluding steroid dienone is 1. The fourth-order valence-corrected chi connectivity index (χ4v) is 4.26. The van der Waals surface area contributed by atoms with E-state index in [1.165, 1.54) is 6.08 Å². The number of hydrogen-bond acceptors (Lipinski definition) is 4. The van der Waals surface area contributed by atoms with Gasteiger partial charge in [0, 0.05) is 16.7 Å². The number of carbonyl (C=O) groups is 1. The highest BCUT2D eigenvalue weighted by molar-refractivity contribution is 5.95. The van der Waals surface area contributed by atoms with E-state index < -0.39 is 35.1 Å². The van der Waals surface area contributed by atoms with E-state index >= 15 is 0 Å². The third kappa shape index (κ3) is 1.66. The molecule has 0 radical (unpaired) electrons. The molecule has 4 nitrogen and oxygen atoms in total. The van der Waals surface area contributed by atoms with Crippen LogP contribution in [-0.2, 0) is 4.79 Å². The van der Waals surface area contributed by atoms with Crippen LogP contribution in [0.2, 0.25) is 0 Å².